The van der Waals surface area contributed by atoms with Crippen LogP contribution in [-0.4, -0.2) is 10.1 Å². The molecule has 35 heavy (non-hydrogen) atoms. The Labute approximate surface area is 204 Å². The molecular weight excluding hydrogens is 438 g/mol. The fourth-order valence-corrected chi connectivity index (χ4v) is 4.04. The molecule has 0 atom stereocenters. The Bertz CT molecular complexity index is 1430. The molecule has 0 unspecified atom stereocenters. The molecule has 0 amide bonds. The summed E-state index contributed by atoms with van der Waals surface area (Å²) in [6, 6.07) is 27.9. The monoisotopic (exact) mass is 465 g/mol. The Kier molecular flexibility index (Phi) is 5.87. The number of anilines is 1. The van der Waals surface area contributed by atoms with Gasteiger partial charge in [0.15, 0.2) is 5.76 Å². The van der Waals surface area contributed by atoms with E-state index in [1.54, 1.807) is 6.07 Å². The number of nitrogens with two attached hydrogens (primary N) is 1. The van der Waals surface area contributed by atoms with Crippen LogP contribution in [0.2, 0.25) is 0 Å². The van der Waals surface area contributed by atoms with E-state index in [4.69, 9.17) is 19.4 Å². The maximum Gasteiger partial charge on any atom is 0.293 e. The van der Waals surface area contributed by atoms with Crippen LogP contribution in [0.15, 0.2) is 93.9 Å². The van der Waals surface area contributed by atoms with E-state index in [0.29, 0.717) is 28.9 Å². The molecule has 6 nitrogen and oxygen atoms in total. The second-order valence-electron chi connectivity index (χ2n) is 9.01. The molecule has 2 heterocycles. The Morgan fingerprint density at radius 3 is 2.37 bits per heavy atom. The van der Waals surface area contributed by atoms with Crippen molar-refractivity contribution in [1.82, 2.24) is 10.1 Å². The summed E-state index contributed by atoms with van der Waals surface area (Å²) in [5.41, 5.74) is 10.8. The molecule has 2 N–H and O–H groups in total. The van der Waals surface area contributed by atoms with Crippen LogP contribution in [0.1, 0.15) is 36.3 Å². The smallest absolute Gasteiger partial charge is 0.293 e. The molecule has 5 aromatic rings. The summed E-state index contributed by atoms with van der Waals surface area (Å²) >= 11 is 0. The number of hydrogen-bond donors (Lipinski definition) is 1. The first-order valence-corrected chi connectivity index (χ1v) is 11.5. The highest BCUT2D eigenvalue weighted by Crippen LogP contribution is 2.32. The lowest BCUT2D eigenvalue weighted by Crippen LogP contribution is -2.18. The van der Waals surface area contributed by atoms with E-state index in [1.807, 2.05) is 49.4 Å². The van der Waals surface area contributed by atoms with Crippen LogP contribution < -0.4 is 10.5 Å². The van der Waals surface area contributed by atoms with Gasteiger partial charge in [0.05, 0.1) is 0 Å². The van der Waals surface area contributed by atoms with Crippen LogP contribution >= 0.6 is 0 Å². The predicted molar refractivity (Wildman–Crippen MR) is 136 cm³/mol. The van der Waals surface area contributed by atoms with Crippen molar-refractivity contribution in [3.63, 3.8) is 0 Å². The molecule has 0 radical (unpaired) electrons. The zero-order valence-corrected chi connectivity index (χ0v) is 20.0. The molecular formula is C29H27N3O3. The molecule has 0 spiro atoms. The van der Waals surface area contributed by atoms with E-state index in [-0.39, 0.29) is 12.0 Å². The van der Waals surface area contributed by atoms with E-state index in [2.05, 4.69) is 60.4 Å². The van der Waals surface area contributed by atoms with Crippen LogP contribution in [0.3, 0.4) is 0 Å². The van der Waals surface area contributed by atoms with E-state index in [1.165, 1.54) is 11.1 Å². The first-order chi connectivity index (χ1) is 16.9. The van der Waals surface area contributed by atoms with Crippen LogP contribution in [0, 0.1) is 6.92 Å². The van der Waals surface area contributed by atoms with Crippen molar-refractivity contribution >= 4 is 5.69 Å². The second-order valence-corrected chi connectivity index (χ2v) is 9.01. The summed E-state index contributed by atoms with van der Waals surface area (Å²) in [7, 11) is 0. The molecule has 0 aliphatic carbocycles. The fourth-order valence-electron chi connectivity index (χ4n) is 4.04. The van der Waals surface area contributed by atoms with Gasteiger partial charge < -0.3 is 19.4 Å². The molecule has 0 aliphatic rings. The molecule has 176 valence electrons. The topological polar surface area (TPSA) is 87.3 Å². The molecule has 0 aliphatic heterocycles. The van der Waals surface area contributed by atoms with Crippen LogP contribution in [0.5, 0.6) is 5.75 Å². The molecule has 5 rings (SSSR count). The molecule has 0 fully saturated rings. The number of rotatable bonds is 7. The SMILES string of the molecule is Cc1c(N)cccc1-c1noc(-c2ccc(COc3ccc(C(C)(C)c4ccccc4)cc3)o2)n1. The van der Waals surface area contributed by atoms with Crippen molar-refractivity contribution in [2.24, 2.45) is 0 Å². The number of furan rings is 1. The zero-order chi connectivity index (χ0) is 24.4. The number of nitrogen functional groups attached to an aromatic ring is 1. The number of benzene rings is 3. The lowest BCUT2D eigenvalue weighted by molar-refractivity contribution is 0.270. The van der Waals surface area contributed by atoms with Gasteiger partial charge in [-0.1, -0.05) is 73.6 Å². The van der Waals surface area contributed by atoms with Gasteiger partial charge in [0.25, 0.3) is 5.89 Å². The highest BCUT2D eigenvalue weighted by Gasteiger charge is 2.22. The Hall–Kier alpha value is -4.32. The van der Waals surface area contributed by atoms with Gasteiger partial charge in [-0.25, -0.2) is 0 Å². The molecule has 0 bridgehead atoms. The molecule has 6 heteroatoms. The first-order valence-electron chi connectivity index (χ1n) is 11.5. The highest BCUT2D eigenvalue weighted by atomic mass is 16.5. The van der Waals surface area contributed by atoms with Crippen LogP contribution in [0.4, 0.5) is 5.69 Å². The van der Waals surface area contributed by atoms with Gasteiger partial charge in [0.1, 0.15) is 18.1 Å². The Morgan fingerprint density at radius 2 is 1.60 bits per heavy atom. The van der Waals surface area contributed by atoms with E-state index < -0.39 is 0 Å². The number of hydrogen-bond acceptors (Lipinski definition) is 6. The fraction of sp³-hybridized carbons (Fsp3) is 0.172. The number of ether oxygens (including phenoxy) is 1. The van der Waals surface area contributed by atoms with Crippen LogP contribution in [-0.2, 0) is 12.0 Å². The van der Waals surface area contributed by atoms with Gasteiger partial charge in [0, 0.05) is 16.7 Å². The first kappa shape index (κ1) is 22.5. The van der Waals surface area contributed by atoms with E-state index in [0.717, 1.165) is 16.9 Å². The van der Waals surface area contributed by atoms with Gasteiger partial charge in [-0.3, -0.25) is 0 Å². The summed E-state index contributed by atoms with van der Waals surface area (Å²) in [6.07, 6.45) is 0. The summed E-state index contributed by atoms with van der Waals surface area (Å²) in [4.78, 5) is 4.47. The van der Waals surface area contributed by atoms with Crippen molar-refractivity contribution in [2.45, 2.75) is 32.8 Å². The Balaban J connectivity index is 1.25. The maximum absolute atomic E-state index is 6.00. The summed E-state index contributed by atoms with van der Waals surface area (Å²) in [5.74, 6) is 2.70. The van der Waals surface area contributed by atoms with Gasteiger partial charge >= 0.3 is 0 Å². The quantitative estimate of drug-likeness (QED) is 0.266. The Morgan fingerprint density at radius 1 is 0.857 bits per heavy atom. The summed E-state index contributed by atoms with van der Waals surface area (Å²) in [5, 5.41) is 4.08. The third-order valence-corrected chi connectivity index (χ3v) is 6.37. The third kappa shape index (κ3) is 4.55. The molecule has 2 aromatic heterocycles. The van der Waals surface area contributed by atoms with Crippen molar-refractivity contribution in [1.29, 1.82) is 0 Å². The zero-order valence-electron chi connectivity index (χ0n) is 20.0. The lowest BCUT2D eigenvalue weighted by atomic mass is 9.78. The van der Waals surface area contributed by atoms with Gasteiger partial charge in [-0.2, -0.15) is 4.98 Å². The van der Waals surface area contributed by atoms with Crippen molar-refractivity contribution in [3.8, 4) is 28.8 Å². The highest BCUT2D eigenvalue weighted by molar-refractivity contribution is 5.68. The van der Waals surface area contributed by atoms with Gasteiger partial charge in [-0.05, 0) is 53.9 Å². The average molecular weight is 466 g/mol. The van der Waals surface area contributed by atoms with E-state index >= 15 is 0 Å². The lowest BCUT2D eigenvalue weighted by Gasteiger charge is -2.26. The molecule has 0 saturated carbocycles. The number of nitrogens with zero attached hydrogens (tertiary/aromatic N) is 2. The van der Waals surface area contributed by atoms with Crippen molar-refractivity contribution in [3.05, 3.63) is 107 Å². The van der Waals surface area contributed by atoms with Crippen molar-refractivity contribution in [2.75, 3.05) is 5.73 Å². The van der Waals surface area contributed by atoms with Crippen molar-refractivity contribution < 1.29 is 13.7 Å². The summed E-state index contributed by atoms with van der Waals surface area (Å²) < 4.78 is 17.2. The summed E-state index contributed by atoms with van der Waals surface area (Å²) in [6.45, 7) is 6.66. The minimum absolute atomic E-state index is 0.0946. The molecule has 0 saturated heterocycles. The standard InChI is InChI=1S/C29H27N3O3/c1-19-24(10-7-11-25(19)30)27-31-28(35-32-27)26-17-16-23(34-26)18-33-22-14-12-21(13-15-22)29(2,3)20-8-5-4-6-9-20/h4-17H,18,30H2,1-3H3. The minimum Gasteiger partial charge on any atom is -0.486 e. The maximum atomic E-state index is 6.00. The van der Waals surface area contributed by atoms with Gasteiger partial charge in [-0.15, -0.1) is 0 Å². The average Bonchev–Trinajstić information content (AvgIpc) is 3.55. The van der Waals surface area contributed by atoms with E-state index in [9.17, 15) is 0 Å². The largest absolute Gasteiger partial charge is 0.486 e. The normalized spacial score (nSPS) is 11.5. The molecule has 3 aromatic carbocycles. The number of aromatic nitrogens is 2. The minimum atomic E-state index is -0.0946. The van der Waals surface area contributed by atoms with Gasteiger partial charge in [0.2, 0.25) is 5.82 Å². The van der Waals surface area contributed by atoms with Crippen LogP contribution in [0.25, 0.3) is 23.0 Å². The second kappa shape index (κ2) is 9.14. The third-order valence-electron chi connectivity index (χ3n) is 6.37. The predicted octanol–water partition coefficient (Wildman–Crippen LogP) is 6.79.